The highest BCUT2D eigenvalue weighted by molar-refractivity contribution is 6.29. The van der Waals surface area contributed by atoms with Gasteiger partial charge in [0.25, 0.3) is 0 Å². The zero-order valence-corrected chi connectivity index (χ0v) is 13.6. The van der Waals surface area contributed by atoms with Crippen LogP contribution in [0.4, 0.5) is 10.5 Å². The van der Waals surface area contributed by atoms with E-state index >= 15 is 0 Å². The summed E-state index contributed by atoms with van der Waals surface area (Å²) in [5.41, 5.74) is 0.491. The Labute approximate surface area is 130 Å². The molecule has 0 aliphatic heterocycles. The molecule has 116 valence electrons. The van der Waals surface area contributed by atoms with Gasteiger partial charge in [0.1, 0.15) is 10.8 Å². The zero-order chi connectivity index (χ0) is 15.7. The molecule has 6 heteroatoms. The Bertz CT molecular complexity index is 513. The molecule has 1 fully saturated rings. The first-order valence-corrected chi connectivity index (χ1v) is 7.41. The number of hydrogen-bond donors (Lipinski definition) is 2. The lowest BCUT2D eigenvalue weighted by atomic mass is 9.88. The van der Waals surface area contributed by atoms with Crippen LogP contribution in [-0.4, -0.2) is 30.3 Å². The highest BCUT2D eigenvalue weighted by atomic mass is 35.5. The first-order valence-electron chi connectivity index (χ1n) is 7.03. The lowest BCUT2D eigenvalue weighted by molar-refractivity contribution is 0.0664. The number of nitrogens with one attached hydrogen (secondary N) is 2. The minimum Gasteiger partial charge on any atom is -0.441 e. The van der Waals surface area contributed by atoms with Crippen molar-refractivity contribution in [3.05, 3.63) is 23.5 Å². The Kier molecular flexibility index (Phi) is 4.33. The Morgan fingerprint density at radius 1 is 1.52 bits per heavy atom. The highest BCUT2D eigenvalue weighted by Crippen LogP contribution is 2.56. The number of rotatable bonds is 4. The normalized spacial score (nSPS) is 24.3. The van der Waals surface area contributed by atoms with Gasteiger partial charge in [-0.15, -0.1) is 0 Å². The summed E-state index contributed by atoms with van der Waals surface area (Å²) in [7, 11) is 1.57. The minimum atomic E-state index is -0.460. The van der Waals surface area contributed by atoms with Crippen molar-refractivity contribution in [1.82, 2.24) is 10.3 Å². The summed E-state index contributed by atoms with van der Waals surface area (Å²) < 4.78 is 5.62. The third-order valence-electron chi connectivity index (χ3n) is 3.89. The van der Waals surface area contributed by atoms with Crippen molar-refractivity contribution in [1.29, 1.82) is 0 Å². The lowest BCUT2D eigenvalue weighted by Gasteiger charge is -2.25. The molecule has 1 aliphatic rings. The SMILES string of the molecule is CNC(=O)OC1(CNc2ccc(Cl)nc2)CC1C(C)(C)C. The van der Waals surface area contributed by atoms with Crippen LogP contribution in [-0.2, 0) is 4.74 Å². The zero-order valence-electron chi connectivity index (χ0n) is 12.9. The van der Waals surface area contributed by atoms with Gasteiger partial charge in [-0.1, -0.05) is 32.4 Å². The summed E-state index contributed by atoms with van der Waals surface area (Å²) in [6, 6.07) is 3.59. The van der Waals surface area contributed by atoms with Crippen LogP contribution in [0.15, 0.2) is 18.3 Å². The van der Waals surface area contributed by atoms with Crippen molar-refractivity contribution in [3.63, 3.8) is 0 Å². The van der Waals surface area contributed by atoms with Gasteiger partial charge in [-0.3, -0.25) is 0 Å². The summed E-state index contributed by atoms with van der Waals surface area (Å²) in [4.78, 5) is 15.6. The van der Waals surface area contributed by atoms with E-state index in [1.807, 2.05) is 6.07 Å². The van der Waals surface area contributed by atoms with Crippen LogP contribution in [0.3, 0.4) is 0 Å². The second-order valence-electron chi connectivity index (χ2n) is 6.55. The molecule has 1 aromatic heterocycles. The highest BCUT2D eigenvalue weighted by Gasteiger charge is 2.62. The van der Waals surface area contributed by atoms with E-state index in [1.54, 1.807) is 19.3 Å². The van der Waals surface area contributed by atoms with Crippen LogP contribution in [0.2, 0.25) is 5.15 Å². The van der Waals surface area contributed by atoms with E-state index in [0.29, 0.717) is 17.6 Å². The first kappa shape index (κ1) is 15.9. The van der Waals surface area contributed by atoms with Crippen molar-refractivity contribution in [3.8, 4) is 0 Å². The van der Waals surface area contributed by atoms with Crippen LogP contribution in [0.5, 0.6) is 0 Å². The van der Waals surface area contributed by atoms with E-state index in [4.69, 9.17) is 16.3 Å². The number of alkyl carbamates (subject to hydrolysis) is 1. The number of aromatic nitrogens is 1. The predicted molar refractivity (Wildman–Crippen MR) is 83.6 cm³/mol. The van der Waals surface area contributed by atoms with E-state index in [9.17, 15) is 4.79 Å². The van der Waals surface area contributed by atoms with E-state index in [0.717, 1.165) is 12.1 Å². The number of halogens is 1. The van der Waals surface area contributed by atoms with Gasteiger partial charge < -0.3 is 15.4 Å². The van der Waals surface area contributed by atoms with E-state index in [2.05, 4.69) is 36.4 Å². The monoisotopic (exact) mass is 311 g/mol. The Hall–Kier alpha value is -1.49. The molecule has 2 atom stereocenters. The predicted octanol–water partition coefficient (Wildman–Crippen LogP) is 3.31. The summed E-state index contributed by atoms with van der Waals surface area (Å²) in [6.45, 7) is 7.05. The van der Waals surface area contributed by atoms with Crippen molar-refractivity contribution >= 4 is 23.4 Å². The molecule has 1 saturated carbocycles. The van der Waals surface area contributed by atoms with Crippen molar-refractivity contribution in [2.45, 2.75) is 32.8 Å². The maximum absolute atomic E-state index is 11.6. The fourth-order valence-corrected chi connectivity index (χ4v) is 2.81. The summed E-state index contributed by atoms with van der Waals surface area (Å²) in [5, 5.41) is 6.25. The van der Waals surface area contributed by atoms with Crippen LogP contribution in [0, 0.1) is 11.3 Å². The van der Waals surface area contributed by atoms with E-state index in [-0.39, 0.29) is 5.41 Å². The van der Waals surface area contributed by atoms with Gasteiger partial charge in [-0.2, -0.15) is 0 Å². The molecule has 1 aromatic rings. The molecule has 0 aromatic carbocycles. The molecule has 2 rings (SSSR count). The molecule has 2 N–H and O–H groups in total. The average Bonchev–Trinajstić information content (AvgIpc) is 3.13. The van der Waals surface area contributed by atoms with Crippen LogP contribution >= 0.6 is 11.6 Å². The van der Waals surface area contributed by atoms with E-state index in [1.165, 1.54) is 0 Å². The van der Waals surface area contributed by atoms with Gasteiger partial charge >= 0.3 is 6.09 Å². The first-order chi connectivity index (χ1) is 9.77. The maximum Gasteiger partial charge on any atom is 0.407 e. The van der Waals surface area contributed by atoms with Gasteiger partial charge in [0.15, 0.2) is 0 Å². The second kappa shape index (κ2) is 5.72. The molecule has 2 unspecified atom stereocenters. The number of carbonyl (C=O) groups excluding carboxylic acids is 1. The average molecular weight is 312 g/mol. The molecule has 1 amide bonds. The number of hydrogen-bond acceptors (Lipinski definition) is 4. The van der Waals surface area contributed by atoms with Crippen molar-refractivity contribution < 1.29 is 9.53 Å². The fraction of sp³-hybridized carbons (Fsp3) is 0.600. The number of pyridine rings is 1. The molecular formula is C15H22ClN3O2. The molecule has 1 heterocycles. The molecule has 0 saturated heterocycles. The Morgan fingerprint density at radius 2 is 2.24 bits per heavy atom. The Balaban J connectivity index is 2.04. The number of amides is 1. The van der Waals surface area contributed by atoms with Crippen LogP contribution in [0.25, 0.3) is 0 Å². The molecule has 5 nitrogen and oxygen atoms in total. The van der Waals surface area contributed by atoms with E-state index < -0.39 is 11.7 Å². The van der Waals surface area contributed by atoms with Crippen molar-refractivity contribution in [2.75, 3.05) is 18.9 Å². The Morgan fingerprint density at radius 3 is 2.71 bits per heavy atom. The summed E-state index contributed by atoms with van der Waals surface area (Å²) in [6.07, 6.45) is 2.14. The summed E-state index contributed by atoms with van der Waals surface area (Å²) in [5.74, 6) is 0.329. The topological polar surface area (TPSA) is 63.2 Å². The van der Waals surface area contributed by atoms with Crippen LogP contribution in [0.1, 0.15) is 27.2 Å². The quantitative estimate of drug-likeness (QED) is 0.837. The van der Waals surface area contributed by atoms with Crippen LogP contribution < -0.4 is 10.6 Å². The van der Waals surface area contributed by atoms with Gasteiger partial charge in [0, 0.05) is 13.0 Å². The van der Waals surface area contributed by atoms with Gasteiger partial charge in [-0.25, -0.2) is 9.78 Å². The lowest BCUT2D eigenvalue weighted by Crippen LogP contribution is -2.36. The van der Waals surface area contributed by atoms with Gasteiger partial charge in [0.05, 0.1) is 18.4 Å². The maximum atomic E-state index is 11.6. The third-order valence-corrected chi connectivity index (χ3v) is 4.11. The fourth-order valence-electron chi connectivity index (χ4n) is 2.69. The smallest absolute Gasteiger partial charge is 0.407 e. The number of anilines is 1. The van der Waals surface area contributed by atoms with Gasteiger partial charge in [0.2, 0.25) is 0 Å². The number of carbonyl (C=O) groups is 1. The standard InChI is InChI=1S/C15H22ClN3O2/c1-14(2,3)11-7-15(11,21-13(20)17-4)9-19-10-5-6-12(16)18-8-10/h5-6,8,11,19H,7,9H2,1-4H3,(H,17,20). The largest absolute Gasteiger partial charge is 0.441 e. The molecule has 0 spiro atoms. The molecule has 0 radical (unpaired) electrons. The molecule has 1 aliphatic carbocycles. The molecular weight excluding hydrogens is 290 g/mol. The van der Waals surface area contributed by atoms with Gasteiger partial charge in [-0.05, 0) is 24.0 Å². The third kappa shape index (κ3) is 3.79. The number of ether oxygens (including phenoxy) is 1. The second-order valence-corrected chi connectivity index (χ2v) is 6.94. The molecule has 21 heavy (non-hydrogen) atoms. The van der Waals surface area contributed by atoms with Crippen molar-refractivity contribution in [2.24, 2.45) is 11.3 Å². The molecule has 0 bridgehead atoms. The summed E-state index contributed by atoms with van der Waals surface area (Å²) >= 11 is 5.77. The minimum absolute atomic E-state index is 0.0912. The number of nitrogens with zero attached hydrogens (tertiary/aromatic N) is 1.